The monoisotopic (exact) mass is 275 g/mol. The normalized spacial score (nSPS) is 11.2. The van der Waals surface area contributed by atoms with Crippen LogP contribution in [0.1, 0.15) is 5.56 Å². The number of para-hydroxylation sites is 1. The highest BCUT2D eigenvalue weighted by Gasteiger charge is 2.36. The third-order valence-electron chi connectivity index (χ3n) is 2.88. The number of hydrogen-bond donors (Lipinski definition) is 1. The lowest BCUT2D eigenvalue weighted by Gasteiger charge is -2.32. The first-order valence-corrected chi connectivity index (χ1v) is 6.04. The van der Waals surface area contributed by atoms with Gasteiger partial charge in [-0.2, -0.15) is 0 Å². The molecular formula is C14H17N3O3. The topological polar surface area (TPSA) is 65.5 Å². The van der Waals surface area contributed by atoms with E-state index in [-0.39, 0.29) is 0 Å². The van der Waals surface area contributed by atoms with E-state index in [1.54, 1.807) is 25.6 Å². The van der Waals surface area contributed by atoms with Gasteiger partial charge in [-0.1, -0.05) is 12.1 Å². The summed E-state index contributed by atoms with van der Waals surface area (Å²) in [5.74, 6) is -0.199. The molecule has 0 bridgehead atoms. The number of anilines is 1. The van der Waals surface area contributed by atoms with Crippen LogP contribution in [0.4, 0.5) is 5.95 Å². The number of aromatic nitrogens is 2. The summed E-state index contributed by atoms with van der Waals surface area (Å²) in [7, 11) is 4.66. The van der Waals surface area contributed by atoms with Gasteiger partial charge in [0.2, 0.25) is 5.95 Å². The van der Waals surface area contributed by atoms with E-state index < -0.39 is 5.91 Å². The van der Waals surface area contributed by atoms with Crippen LogP contribution in [0, 0.1) is 0 Å². The Morgan fingerprint density at radius 3 is 2.20 bits per heavy atom. The Morgan fingerprint density at radius 2 is 1.60 bits per heavy atom. The Bertz CT molecular complexity index is 544. The van der Waals surface area contributed by atoms with Crippen molar-refractivity contribution in [3.05, 3.63) is 48.3 Å². The summed E-state index contributed by atoms with van der Waals surface area (Å²) in [5.41, 5.74) is 0.694. The van der Waals surface area contributed by atoms with Gasteiger partial charge in [-0.3, -0.25) is 5.32 Å². The minimum Gasteiger partial charge on any atom is -0.496 e. The average molecular weight is 275 g/mol. The Hall–Kier alpha value is -2.18. The molecule has 1 N–H and O–H groups in total. The third-order valence-corrected chi connectivity index (χ3v) is 2.88. The predicted molar refractivity (Wildman–Crippen MR) is 74.3 cm³/mol. The van der Waals surface area contributed by atoms with E-state index in [0.29, 0.717) is 17.3 Å². The highest BCUT2D eigenvalue weighted by molar-refractivity contribution is 5.41. The van der Waals surface area contributed by atoms with Crippen molar-refractivity contribution in [1.29, 1.82) is 0 Å². The average Bonchev–Trinajstić information content (AvgIpc) is 2.54. The van der Waals surface area contributed by atoms with Crippen LogP contribution in [0.25, 0.3) is 0 Å². The first-order valence-electron chi connectivity index (χ1n) is 6.04. The molecule has 2 aromatic rings. The van der Waals surface area contributed by atoms with E-state index in [2.05, 4.69) is 15.3 Å². The smallest absolute Gasteiger partial charge is 0.283 e. The first-order chi connectivity index (χ1) is 9.75. The van der Waals surface area contributed by atoms with Gasteiger partial charge in [-0.25, -0.2) is 9.97 Å². The van der Waals surface area contributed by atoms with E-state index in [1.807, 2.05) is 24.3 Å². The molecule has 2 rings (SSSR count). The van der Waals surface area contributed by atoms with Gasteiger partial charge in [0, 0.05) is 26.6 Å². The molecule has 0 spiro atoms. The van der Waals surface area contributed by atoms with Crippen molar-refractivity contribution in [2.45, 2.75) is 5.91 Å². The van der Waals surface area contributed by atoms with Crippen LogP contribution in [-0.4, -0.2) is 31.3 Å². The van der Waals surface area contributed by atoms with Gasteiger partial charge in [-0.05, 0) is 18.2 Å². The van der Waals surface area contributed by atoms with Crippen molar-refractivity contribution >= 4 is 5.95 Å². The maximum Gasteiger partial charge on any atom is 0.283 e. The van der Waals surface area contributed by atoms with Crippen molar-refractivity contribution in [2.24, 2.45) is 0 Å². The predicted octanol–water partition coefficient (Wildman–Crippen LogP) is 2.00. The molecule has 6 heteroatoms. The number of methoxy groups -OCH3 is 3. The van der Waals surface area contributed by atoms with Gasteiger partial charge in [0.1, 0.15) is 5.75 Å². The molecule has 1 aromatic heterocycles. The summed E-state index contributed by atoms with van der Waals surface area (Å²) in [5, 5.41) is 3.04. The Morgan fingerprint density at radius 1 is 0.950 bits per heavy atom. The van der Waals surface area contributed by atoms with Crippen molar-refractivity contribution in [3.8, 4) is 5.75 Å². The Labute approximate surface area is 117 Å². The summed E-state index contributed by atoms with van der Waals surface area (Å²) in [6, 6.07) is 9.16. The van der Waals surface area contributed by atoms with E-state index in [4.69, 9.17) is 14.2 Å². The number of nitrogens with one attached hydrogen (secondary N) is 1. The lowest BCUT2D eigenvalue weighted by Crippen LogP contribution is -2.40. The molecule has 0 aliphatic heterocycles. The molecule has 1 heterocycles. The van der Waals surface area contributed by atoms with Crippen LogP contribution < -0.4 is 10.1 Å². The molecule has 6 nitrogen and oxygen atoms in total. The summed E-state index contributed by atoms with van der Waals surface area (Å²) in [6.07, 6.45) is 3.27. The van der Waals surface area contributed by atoms with E-state index >= 15 is 0 Å². The second-order valence-corrected chi connectivity index (χ2v) is 3.92. The van der Waals surface area contributed by atoms with E-state index in [0.717, 1.165) is 0 Å². The molecule has 0 aliphatic rings. The molecule has 0 fully saturated rings. The van der Waals surface area contributed by atoms with Crippen molar-refractivity contribution < 1.29 is 14.2 Å². The molecule has 0 amide bonds. The summed E-state index contributed by atoms with van der Waals surface area (Å²) >= 11 is 0. The summed E-state index contributed by atoms with van der Waals surface area (Å²) < 4.78 is 16.4. The van der Waals surface area contributed by atoms with Crippen molar-refractivity contribution in [2.75, 3.05) is 26.6 Å². The van der Waals surface area contributed by atoms with Crippen LogP contribution in [0.3, 0.4) is 0 Å². The van der Waals surface area contributed by atoms with Gasteiger partial charge in [-0.15, -0.1) is 0 Å². The minimum absolute atomic E-state index is 0.391. The molecule has 0 radical (unpaired) electrons. The lowest BCUT2D eigenvalue weighted by molar-refractivity contribution is -0.195. The van der Waals surface area contributed by atoms with Crippen LogP contribution in [0.15, 0.2) is 42.7 Å². The van der Waals surface area contributed by atoms with Crippen molar-refractivity contribution in [1.82, 2.24) is 9.97 Å². The largest absolute Gasteiger partial charge is 0.496 e. The van der Waals surface area contributed by atoms with Crippen LogP contribution in [0.5, 0.6) is 5.75 Å². The summed E-state index contributed by atoms with van der Waals surface area (Å²) in [4.78, 5) is 8.23. The van der Waals surface area contributed by atoms with Crippen LogP contribution in [-0.2, 0) is 15.4 Å². The fraction of sp³-hybridized carbons (Fsp3) is 0.286. The number of rotatable bonds is 6. The molecule has 0 unspecified atom stereocenters. The Balaban J connectivity index is 2.43. The quantitative estimate of drug-likeness (QED) is 0.813. The molecule has 0 atom stereocenters. The number of benzene rings is 1. The highest BCUT2D eigenvalue weighted by atomic mass is 16.7. The van der Waals surface area contributed by atoms with Gasteiger partial charge in [0.15, 0.2) is 0 Å². The highest BCUT2D eigenvalue weighted by Crippen LogP contribution is 2.33. The zero-order valence-corrected chi connectivity index (χ0v) is 11.7. The number of hydrogen-bond acceptors (Lipinski definition) is 6. The fourth-order valence-corrected chi connectivity index (χ4v) is 1.90. The molecule has 106 valence electrons. The maximum absolute atomic E-state index is 5.53. The van der Waals surface area contributed by atoms with Gasteiger partial charge >= 0.3 is 0 Å². The van der Waals surface area contributed by atoms with Gasteiger partial charge < -0.3 is 14.2 Å². The molecule has 20 heavy (non-hydrogen) atoms. The second-order valence-electron chi connectivity index (χ2n) is 3.92. The third kappa shape index (κ3) is 2.71. The zero-order chi connectivity index (χ0) is 14.4. The summed E-state index contributed by atoms with van der Waals surface area (Å²) in [6.45, 7) is 0. The van der Waals surface area contributed by atoms with Crippen LogP contribution in [0.2, 0.25) is 0 Å². The molecule has 0 saturated carbocycles. The van der Waals surface area contributed by atoms with E-state index in [9.17, 15) is 0 Å². The van der Waals surface area contributed by atoms with E-state index in [1.165, 1.54) is 14.2 Å². The molecule has 1 aromatic carbocycles. The van der Waals surface area contributed by atoms with Gasteiger partial charge in [0.25, 0.3) is 5.91 Å². The number of nitrogens with zero attached hydrogens (tertiary/aromatic N) is 2. The second kappa shape index (κ2) is 6.31. The maximum atomic E-state index is 5.53. The standard InChI is InChI=1S/C14H17N3O3/c1-18-12-8-5-4-7-11(12)14(19-2,20-3)17-13-15-9-6-10-16-13/h4-10H,1-3H3,(H,15,16,17). The Kier molecular flexibility index (Phi) is 4.49. The SMILES string of the molecule is COc1ccccc1C(Nc1ncccn1)(OC)OC. The first kappa shape index (κ1) is 14.2. The van der Waals surface area contributed by atoms with Crippen molar-refractivity contribution in [3.63, 3.8) is 0 Å². The number of ether oxygens (including phenoxy) is 3. The van der Waals surface area contributed by atoms with Gasteiger partial charge in [0.05, 0.1) is 12.7 Å². The lowest BCUT2D eigenvalue weighted by atomic mass is 10.1. The molecule has 0 aliphatic carbocycles. The molecule has 0 saturated heterocycles. The molecular weight excluding hydrogens is 258 g/mol. The minimum atomic E-state index is -1.23. The van der Waals surface area contributed by atoms with Crippen LogP contribution >= 0.6 is 0 Å². The fourth-order valence-electron chi connectivity index (χ4n) is 1.90. The zero-order valence-electron chi connectivity index (χ0n) is 11.7.